The Hall–Kier alpha value is -3.44. The largest absolute Gasteiger partial charge is 0.493 e. The molecule has 11 heteroatoms. The van der Waals surface area contributed by atoms with Crippen LogP contribution >= 0.6 is 0 Å². The molecule has 10 nitrogen and oxygen atoms in total. The Balaban J connectivity index is 1.45. The first-order valence-corrected chi connectivity index (χ1v) is 11.7. The van der Waals surface area contributed by atoms with Crippen molar-refractivity contribution in [1.29, 1.82) is 0 Å². The summed E-state index contributed by atoms with van der Waals surface area (Å²) in [5, 5.41) is 6.50. The molecular formula is C24H32FN7O3. The minimum absolute atomic E-state index is 0.0459. The van der Waals surface area contributed by atoms with E-state index in [9.17, 15) is 9.18 Å². The van der Waals surface area contributed by atoms with Gasteiger partial charge in [0.15, 0.2) is 11.6 Å². The molecule has 0 spiro atoms. The lowest BCUT2D eigenvalue weighted by Gasteiger charge is -2.33. The molecule has 2 amide bonds. The maximum absolute atomic E-state index is 14.4. The standard InChI is InChI=1S/C24H32FN7O3/c1-5-31-8-10-32(11-9-31)7-6-26-24(33)29-20-13-16-12-18(30(2)19(16)15-27-20)21-22(34-3)17(25)14-28-23(21)35-4/h12-15H,5-11H2,1-4H3,(H2,26,27,29,33). The number of pyridine rings is 2. The zero-order chi connectivity index (χ0) is 24.9. The van der Waals surface area contributed by atoms with Gasteiger partial charge in [0.25, 0.3) is 0 Å². The highest BCUT2D eigenvalue weighted by Crippen LogP contribution is 2.40. The summed E-state index contributed by atoms with van der Waals surface area (Å²) in [5.41, 5.74) is 1.85. The summed E-state index contributed by atoms with van der Waals surface area (Å²) < 4.78 is 26.9. The first-order valence-electron chi connectivity index (χ1n) is 11.7. The Morgan fingerprint density at radius 2 is 1.83 bits per heavy atom. The molecule has 3 aromatic heterocycles. The van der Waals surface area contributed by atoms with Gasteiger partial charge < -0.3 is 24.3 Å². The van der Waals surface area contributed by atoms with Gasteiger partial charge in [-0.25, -0.2) is 19.2 Å². The van der Waals surface area contributed by atoms with Gasteiger partial charge in [0.1, 0.15) is 11.4 Å². The van der Waals surface area contributed by atoms with E-state index in [1.165, 1.54) is 14.2 Å². The molecular weight excluding hydrogens is 453 g/mol. The number of likely N-dealkylation sites (N-methyl/N-ethyl adjacent to an activating group) is 1. The van der Waals surface area contributed by atoms with Crippen molar-refractivity contribution in [3.8, 4) is 22.9 Å². The lowest BCUT2D eigenvalue weighted by molar-refractivity contribution is 0.138. The topological polar surface area (TPSA) is 96.8 Å². The molecule has 0 bridgehead atoms. The third-order valence-electron chi connectivity index (χ3n) is 6.40. The van der Waals surface area contributed by atoms with Crippen LogP contribution in [0.3, 0.4) is 0 Å². The summed E-state index contributed by atoms with van der Waals surface area (Å²) in [7, 11) is 4.71. The summed E-state index contributed by atoms with van der Waals surface area (Å²) in [6, 6.07) is 3.32. The normalized spacial score (nSPS) is 14.8. The van der Waals surface area contributed by atoms with Gasteiger partial charge in [0.05, 0.1) is 37.8 Å². The van der Waals surface area contributed by atoms with E-state index in [0.717, 1.165) is 56.4 Å². The fourth-order valence-corrected chi connectivity index (χ4v) is 4.39. The third kappa shape index (κ3) is 5.30. The van der Waals surface area contributed by atoms with E-state index in [4.69, 9.17) is 9.47 Å². The van der Waals surface area contributed by atoms with Crippen molar-refractivity contribution in [3.05, 3.63) is 30.3 Å². The van der Waals surface area contributed by atoms with Gasteiger partial charge in [-0.05, 0) is 18.7 Å². The maximum atomic E-state index is 14.4. The molecule has 1 aliphatic heterocycles. The number of rotatable bonds is 8. The maximum Gasteiger partial charge on any atom is 0.320 e. The second-order valence-electron chi connectivity index (χ2n) is 8.40. The second kappa shape index (κ2) is 10.9. The van der Waals surface area contributed by atoms with E-state index in [1.807, 2.05) is 17.7 Å². The van der Waals surface area contributed by atoms with Gasteiger partial charge in [0.2, 0.25) is 5.88 Å². The molecule has 4 heterocycles. The van der Waals surface area contributed by atoms with Crippen molar-refractivity contribution in [2.45, 2.75) is 6.92 Å². The second-order valence-corrected chi connectivity index (χ2v) is 8.40. The minimum atomic E-state index is -0.585. The van der Waals surface area contributed by atoms with Crippen molar-refractivity contribution in [1.82, 2.24) is 29.7 Å². The number of carbonyl (C=O) groups excluding carboxylic acids is 1. The van der Waals surface area contributed by atoms with Crippen LogP contribution < -0.4 is 20.1 Å². The van der Waals surface area contributed by atoms with Crippen LogP contribution in [0.25, 0.3) is 22.2 Å². The predicted octanol–water partition coefficient (Wildman–Crippen LogP) is 2.55. The molecule has 0 unspecified atom stereocenters. The SMILES string of the molecule is CCN1CCN(CCNC(=O)Nc2cc3cc(-c4c(OC)ncc(F)c4OC)n(C)c3cn2)CC1. The molecule has 4 rings (SSSR count). The molecule has 35 heavy (non-hydrogen) atoms. The smallest absolute Gasteiger partial charge is 0.320 e. The van der Waals surface area contributed by atoms with E-state index in [2.05, 4.69) is 37.3 Å². The van der Waals surface area contributed by atoms with E-state index in [0.29, 0.717) is 23.6 Å². The first-order chi connectivity index (χ1) is 16.9. The minimum Gasteiger partial charge on any atom is -0.493 e. The molecule has 0 aromatic carbocycles. The molecule has 1 saturated heterocycles. The number of fused-ring (bicyclic) bond motifs is 1. The number of ether oxygens (including phenoxy) is 2. The van der Waals surface area contributed by atoms with Gasteiger partial charge in [-0.3, -0.25) is 10.2 Å². The monoisotopic (exact) mass is 485 g/mol. The number of carbonyl (C=O) groups is 1. The van der Waals surface area contributed by atoms with Crippen LogP contribution in [0.4, 0.5) is 15.0 Å². The Morgan fingerprint density at radius 3 is 2.51 bits per heavy atom. The van der Waals surface area contributed by atoms with Crippen molar-refractivity contribution in [3.63, 3.8) is 0 Å². The number of halogens is 1. The van der Waals surface area contributed by atoms with Gasteiger partial charge in [0, 0.05) is 51.7 Å². The highest BCUT2D eigenvalue weighted by atomic mass is 19.1. The molecule has 188 valence electrons. The zero-order valence-corrected chi connectivity index (χ0v) is 20.6. The lowest BCUT2D eigenvalue weighted by atomic mass is 10.1. The van der Waals surface area contributed by atoms with Gasteiger partial charge >= 0.3 is 6.03 Å². The molecule has 1 aliphatic rings. The Bertz CT molecular complexity index is 1190. The van der Waals surface area contributed by atoms with Crippen LogP contribution in [-0.4, -0.2) is 90.4 Å². The van der Waals surface area contributed by atoms with Gasteiger partial charge in [-0.15, -0.1) is 0 Å². The lowest BCUT2D eigenvalue weighted by Crippen LogP contribution is -2.48. The average Bonchev–Trinajstić information content (AvgIpc) is 3.19. The van der Waals surface area contributed by atoms with Crippen molar-refractivity contribution >= 4 is 22.8 Å². The number of methoxy groups -OCH3 is 2. The number of nitrogens with zero attached hydrogens (tertiary/aromatic N) is 5. The van der Waals surface area contributed by atoms with Crippen LogP contribution in [0, 0.1) is 5.82 Å². The summed E-state index contributed by atoms with van der Waals surface area (Å²) >= 11 is 0. The molecule has 0 saturated carbocycles. The summed E-state index contributed by atoms with van der Waals surface area (Å²) in [6.45, 7) is 8.78. The van der Waals surface area contributed by atoms with E-state index in [1.54, 1.807) is 12.3 Å². The van der Waals surface area contributed by atoms with Crippen molar-refractivity contribution in [2.24, 2.45) is 7.05 Å². The summed E-state index contributed by atoms with van der Waals surface area (Å²) in [6.07, 6.45) is 2.73. The number of aromatic nitrogens is 3. The Morgan fingerprint density at radius 1 is 1.09 bits per heavy atom. The molecule has 1 fully saturated rings. The fraction of sp³-hybridized carbons (Fsp3) is 0.458. The van der Waals surface area contributed by atoms with Crippen LogP contribution in [0.5, 0.6) is 11.6 Å². The quantitative estimate of drug-likeness (QED) is 0.506. The highest BCUT2D eigenvalue weighted by molar-refractivity contribution is 5.94. The molecule has 0 aliphatic carbocycles. The van der Waals surface area contributed by atoms with Crippen LogP contribution in [0.15, 0.2) is 24.5 Å². The van der Waals surface area contributed by atoms with Crippen LogP contribution in [0.2, 0.25) is 0 Å². The molecule has 2 N–H and O–H groups in total. The number of anilines is 1. The van der Waals surface area contributed by atoms with E-state index in [-0.39, 0.29) is 17.7 Å². The number of hydrogen-bond acceptors (Lipinski definition) is 7. The molecule has 3 aromatic rings. The van der Waals surface area contributed by atoms with Crippen molar-refractivity contribution in [2.75, 3.05) is 65.3 Å². The van der Waals surface area contributed by atoms with Crippen molar-refractivity contribution < 1.29 is 18.7 Å². The number of aryl methyl sites for hydroxylation is 1. The van der Waals surface area contributed by atoms with E-state index >= 15 is 0 Å². The first kappa shape index (κ1) is 24.7. The zero-order valence-electron chi connectivity index (χ0n) is 20.6. The number of urea groups is 1. The summed E-state index contributed by atoms with van der Waals surface area (Å²) in [5.74, 6) is 0.124. The number of nitrogens with one attached hydrogen (secondary N) is 2. The number of amides is 2. The highest BCUT2D eigenvalue weighted by Gasteiger charge is 2.22. The van der Waals surface area contributed by atoms with Gasteiger partial charge in [-0.2, -0.15) is 0 Å². The molecule has 0 atom stereocenters. The number of hydrogen-bond donors (Lipinski definition) is 2. The van der Waals surface area contributed by atoms with Crippen LogP contribution in [0.1, 0.15) is 6.92 Å². The third-order valence-corrected chi connectivity index (χ3v) is 6.40. The molecule has 0 radical (unpaired) electrons. The summed E-state index contributed by atoms with van der Waals surface area (Å²) in [4.78, 5) is 25.6. The predicted molar refractivity (Wildman–Crippen MR) is 133 cm³/mol. The van der Waals surface area contributed by atoms with Crippen LogP contribution in [-0.2, 0) is 7.05 Å². The van der Waals surface area contributed by atoms with Gasteiger partial charge in [-0.1, -0.05) is 6.92 Å². The fourth-order valence-electron chi connectivity index (χ4n) is 4.39. The Kier molecular flexibility index (Phi) is 7.67. The number of piperazine rings is 1. The Labute approximate surface area is 204 Å². The average molecular weight is 486 g/mol. The van der Waals surface area contributed by atoms with E-state index < -0.39 is 5.82 Å².